The molecule has 2 aromatic rings. The molecule has 0 aliphatic carbocycles. The van der Waals surface area contributed by atoms with Gasteiger partial charge in [-0.15, -0.1) is 0 Å². The summed E-state index contributed by atoms with van der Waals surface area (Å²) in [5.41, 5.74) is 1.76. The number of imide groups is 1. The number of hydrogen-bond donors (Lipinski definition) is 1. The largest absolute Gasteiger partial charge is 0.347 e. The van der Waals surface area contributed by atoms with E-state index in [2.05, 4.69) is 5.32 Å². The number of thioether (sulfide) groups is 1. The highest BCUT2D eigenvalue weighted by Gasteiger charge is 2.43. The van der Waals surface area contributed by atoms with Crippen LogP contribution in [0.4, 0.5) is 0 Å². The minimum atomic E-state index is -0.786. The number of amides is 3. The Bertz CT molecular complexity index is 818. The molecular formula is C19H16N2O3S. The van der Waals surface area contributed by atoms with Crippen LogP contribution in [0.25, 0.3) is 0 Å². The number of nitrogens with zero attached hydrogens (tertiary/aromatic N) is 1. The predicted octanol–water partition coefficient (Wildman–Crippen LogP) is 2.26. The van der Waals surface area contributed by atoms with Crippen LogP contribution in [0.3, 0.4) is 0 Å². The molecule has 1 saturated heterocycles. The molecule has 2 heterocycles. The zero-order chi connectivity index (χ0) is 17.4. The minimum absolute atomic E-state index is 0.126. The van der Waals surface area contributed by atoms with E-state index in [-0.39, 0.29) is 23.8 Å². The molecule has 1 fully saturated rings. The van der Waals surface area contributed by atoms with E-state index >= 15 is 0 Å². The van der Waals surface area contributed by atoms with Gasteiger partial charge in [0, 0.05) is 11.5 Å². The Balaban J connectivity index is 1.59. The van der Waals surface area contributed by atoms with E-state index in [1.54, 1.807) is 36.0 Å². The second-order valence-electron chi connectivity index (χ2n) is 6.05. The molecule has 0 bridgehead atoms. The third-order valence-electron chi connectivity index (χ3n) is 4.52. The van der Waals surface area contributed by atoms with E-state index in [0.717, 1.165) is 10.5 Å². The summed E-state index contributed by atoms with van der Waals surface area (Å²) >= 11 is 1.57. The molecule has 0 spiro atoms. The van der Waals surface area contributed by atoms with Crippen molar-refractivity contribution in [1.29, 1.82) is 0 Å². The Morgan fingerprint density at radius 2 is 1.44 bits per heavy atom. The molecule has 5 nitrogen and oxygen atoms in total. The van der Waals surface area contributed by atoms with Crippen molar-refractivity contribution >= 4 is 29.5 Å². The second kappa shape index (κ2) is 6.37. The molecule has 1 N–H and O–H groups in total. The van der Waals surface area contributed by atoms with Gasteiger partial charge in [-0.1, -0.05) is 42.5 Å². The van der Waals surface area contributed by atoms with E-state index in [9.17, 15) is 14.4 Å². The summed E-state index contributed by atoms with van der Waals surface area (Å²) in [4.78, 5) is 39.1. The third kappa shape index (κ3) is 2.72. The van der Waals surface area contributed by atoms with Gasteiger partial charge in [0.15, 0.2) is 0 Å². The van der Waals surface area contributed by atoms with Gasteiger partial charge in [0.25, 0.3) is 11.8 Å². The summed E-state index contributed by atoms with van der Waals surface area (Å²) in [6, 6.07) is 15.5. The van der Waals surface area contributed by atoms with Crippen LogP contribution in [-0.4, -0.2) is 40.2 Å². The van der Waals surface area contributed by atoms with Crippen LogP contribution in [0, 0.1) is 0 Å². The molecular weight excluding hydrogens is 336 g/mol. The fraction of sp³-hybridized carbons (Fsp3) is 0.211. The van der Waals surface area contributed by atoms with E-state index in [1.807, 2.05) is 30.3 Å². The van der Waals surface area contributed by atoms with Crippen LogP contribution >= 0.6 is 11.8 Å². The molecule has 2 aromatic carbocycles. The Hall–Kier alpha value is -2.60. The lowest BCUT2D eigenvalue weighted by Gasteiger charge is -2.23. The number of carbonyl (C=O) groups is 3. The monoisotopic (exact) mass is 352 g/mol. The first-order valence-corrected chi connectivity index (χ1v) is 9.22. The van der Waals surface area contributed by atoms with Gasteiger partial charge in [0.05, 0.1) is 17.2 Å². The Labute approximate surface area is 149 Å². The topological polar surface area (TPSA) is 66.5 Å². The lowest BCUT2D eigenvalue weighted by atomic mass is 10.1. The van der Waals surface area contributed by atoms with Crippen molar-refractivity contribution in [2.24, 2.45) is 0 Å². The number of benzene rings is 2. The molecule has 4 rings (SSSR count). The highest BCUT2D eigenvalue weighted by atomic mass is 32.2. The number of nitrogens with one attached hydrogen (secondary N) is 1. The van der Waals surface area contributed by atoms with Crippen molar-refractivity contribution in [3.05, 3.63) is 71.3 Å². The molecule has 126 valence electrons. The predicted molar refractivity (Wildman–Crippen MR) is 95.4 cm³/mol. The number of fused-ring (bicyclic) bond motifs is 1. The fourth-order valence-electron chi connectivity index (χ4n) is 3.23. The molecule has 0 aromatic heterocycles. The van der Waals surface area contributed by atoms with E-state index in [1.165, 1.54) is 0 Å². The second-order valence-corrected chi connectivity index (χ2v) is 7.13. The van der Waals surface area contributed by atoms with Crippen LogP contribution in [0.5, 0.6) is 0 Å². The van der Waals surface area contributed by atoms with Gasteiger partial charge in [-0.3, -0.25) is 19.3 Å². The maximum absolute atomic E-state index is 12.8. The van der Waals surface area contributed by atoms with Gasteiger partial charge < -0.3 is 5.32 Å². The number of rotatable bonds is 2. The van der Waals surface area contributed by atoms with E-state index in [0.29, 0.717) is 22.6 Å². The highest BCUT2D eigenvalue weighted by Crippen LogP contribution is 2.29. The molecule has 6 heteroatoms. The van der Waals surface area contributed by atoms with Gasteiger partial charge >= 0.3 is 0 Å². The van der Waals surface area contributed by atoms with Crippen LogP contribution < -0.4 is 5.32 Å². The lowest BCUT2D eigenvalue weighted by molar-refractivity contribution is -0.124. The molecule has 2 unspecified atom stereocenters. The molecule has 0 radical (unpaired) electrons. The van der Waals surface area contributed by atoms with Crippen molar-refractivity contribution in [3.8, 4) is 0 Å². The Morgan fingerprint density at radius 1 is 0.840 bits per heavy atom. The maximum Gasteiger partial charge on any atom is 0.262 e. The Morgan fingerprint density at radius 3 is 2.08 bits per heavy atom. The summed E-state index contributed by atoms with van der Waals surface area (Å²) in [6.45, 7) is 0. The lowest BCUT2D eigenvalue weighted by Crippen LogP contribution is -2.50. The quantitative estimate of drug-likeness (QED) is 0.842. The first-order valence-electron chi connectivity index (χ1n) is 8.07. The molecule has 0 saturated carbocycles. The average Bonchev–Trinajstić information content (AvgIpc) is 2.78. The molecule has 2 aliphatic heterocycles. The van der Waals surface area contributed by atoms with Crippen molar-refractivity contribution in [2.45, 2.75) is 12.1 Å². The molecule has 2 aliphatic rings. The Kier molecular flexibility index (Phi) is 4.05. The summed E-state index contributed by atoms with van der Waals surface area (Å²) in [7, 11) is 0. The SMILES string of the molecule is O=C1NC(c2ccccc2)CSCC1N1C(=O)c2ccccc2C1=O. The highest BCUT2D eigenvalue weighted by molar-refractivity contribution is 7.99. The van der Waals surface area contributed by atoms with Crippen molar-refractivity contribution in [2.75, 3.05) is 11.5 Å². The smallest absolute Gasteiger partial charge is 0.262 e. The summed E-state index contributed by atoms with van der Waals surface area (Å²) in [5.74, 6) is 0.0446. The number of carbonyl (C=O) groups excluding carboxylic acids is 3. The summed E-state index contributed by atoms with van der Waals surface area (Å²) in [6.07, 6.45) is 0. The van der Waals surface area contributed by atoms with Crippen LogP contribution in [0.2, 0.25) is 0 Å². The standard InChI is InChI=1S/C19H16N2O3S/c22-17-16(11-25-10-15(20-17)12-6-2-1-3-7-12)21-18(23)13-8-4-5-9-14(13)19(21)24/h1-9,15-16H,10-11H2,(H,20,22). The number of hydrogen-bond acceptors (Lipinski definition) is 4. The fourth-order valence-corrected chi connectivity index (χ4v) is 4.40. The van der Waals surface area contributed by atoms with Gasteiger partial charge in [0.1, 0.15) is 6.04 Å². The molecule has 3 amide bonds. The van der Waals surface area contributed by atoms with Gasteiger partial charge in [-0.25, -0.2) is 0 Å². The van der Waals surface area contributed by atoms with Gasteiger partial charge in [-0.2, -0.15) is 11.8 Å². The summed E-state index contributed by atoms with van der Waals surface area (Å²) in [5, 5.41) is 2.98. The first kappa shape index (κ1) is 15.9. The minimum Gasteiger partial charge on any atom is -0.347 e. The molecule has 2 atom stereocenters. The van der Waals surface area contributed by atoms with Crippen LogP contribution in [0.1, 0.15) is 32.3 Å². The van der Waals surface area contributed by atoms with Gasteiger partial charge in [0.2, 0.25) is 5.91 Å². The summed E-state index contributed by atoms with van der Waals surface area (Å²) < 4.78 is 0. The normalized spacial score (nSPS) is 23.2. The van der Waals surface area contributed by atoms with E-state index in [4.69, 9.17) is 0 Å². The van der Waals surface area contributed by atoms with Crippen LogP contribution in [-0.2, 0) is 4.79 Å². The van der Waals surface area contributed by atoms with Crippen molar-refractivity contribution in [3.63, 3.8) is 0 Å². The zero-order valence-electron chi connectivity index (χ0n) is 13.3. The van der Waals surface area contributed by atoms with Crippen LogP contribution in [0.15, 0.2) is 54.6 Å². The maximum atomic E-state index is 12.8. The van der Waals surface area contributed by atoms with Crippen molar-refractivity contribution < 1.29 is 14.4 Å². The zero-order valence-corrected chi connectivity index (χ0v) is 14.2. The first-order chi connectivity index (χ1) is 12.2. The average molecular weight is 352 g/mol. The van der Waals surface area contributed by atoms with Crippen molar-refractivity contribution in [1.82, 2.24) is 10.2 Å². The van der Waals surface area contributed by atoms with Gasteiger partial charge in [-0.05, 0) is 17.7 Å². The van der Waals surface area contributed by atoms with E-state index < -0.39 is 6.04 Å². The molecule has 25 heavy (non-hydrogen) atoms. The third-order valence-corrected chi connectivity index (χ3v) is 5.64.